The predicted octanol–water partition coefficient (Wildman–Crippen LogP) is -1.59. The summed E-state index contributed by atoms with van der Waals surface area (Å²) in [5.41, 5.74) is 5.99. The van der Waals surface area contributed by atoms with Crippen molar-refractivity contribution >= 4 is 41.4 Å². The van der Waals surface area contributed by atoms with Gasteiger partial charge in [-0.1, -0.05) is 12.1 Å². The molecule has 0 bridgehead atoms. The van der Waals surface area contributed by atoms with E-state index in [-0.39, 0.29) is 25.0 Å². The quantitative estimate of drug-likeness (QED) is 0.122. The van der Waals surface area contributed by atoms with Gasteiger partial charge >= 0.3 is 11.9 Å². The molecule has 0 saturated carbocycles. The highest BCUT2D eigenvalue weighted by Crippen LogP contribution is 2.12. The Labute approximate surface area is 211 Å². The number of aliphatic carboxylic acids is 2. The zero-order valence-corrected chi connectivity index (χ0v) is 20.5. The van der Waals surface area contributed by atoms with Crippen LogP contribution in [-0.2, 0) is 30.4 Å². The lowest BCUT2D eigenvalue weighted by Crippen LogP contribution is -2.57. The highest BCUT2D eigenvalue weighted by molar-refractivity contribution is 7.98. The Hall–Kier alpha value is -3.36. The molecule has 0 aliphatic carbocycles. The number of carbonyl (C=O) groups is 5. The number of aromatic hydroxyl groups is 1. The normalized spacial score (nSPS) is 14.1. The van der Waals surface area contributed by atoms with Gasteiger partial charge < -0.3 is 42.1 Å². The molecular weight excluding hydrogens is 496 g/mol. The maximum Gasteiger partial charge on any atom is 0.326 e. The van der Waals surface area contributed by atoms with Crippen LogP contribution in [0.3, 0.4) is 0 Å². The van der Waals surface area contributed by atoms with Crippen molar-refractivity contribution in [3.8, 4) is 5.75 Å². The average molecular weight is 529 g/mol. The van der Waals surface area contributed by atoms with Gasteiger partial charge in [-0.15, -0.1) is 0 Å². The Kier molecular flexibility index (Phi) is 13.3. The maximum atomic E-state index is 12.9. The molecule has 0 spiro atoms. The molecule has 13 nitrogen and oxygen atoms in total. The molecule has 1 aromatic rings. The number of hydrogen-bond acceptors (Lipinski definition) is 9. The number of carboxylic acid groups (broad SMARTS) is 2. The predicted molar refractivity (Wildman–Crippen MR) is 130 cm³/mol. The van der Waals surface area contributed by atoms with Crippen molar-refractivity contribution in [3.63, 3.8) is 0 Å². The fourth-order valence-electron chi connectivity index (χ4n) is 3.02. The second kappa shape index (κ2) is 15.6. The molecule has 0 aromatic heterocycles. The molecule has 0 aliphatic heterocycles. The Balaban J connectivity index is 3.00. The van der Waals surface area contributed by atoms with E-state index in [1.165, 1.54) is 36.0 Å². The first-order valence-electron chi connectivity index (χ1n) is 11.0. The smallest absolute Gasteiger partial charge is 0.326 e. The number of phenols is 1. The lowest BCUT2D eigenvalue weighted by molar-refractivity contribution is -0.142. The highest BCUT2D eigenvalue weighted by atomic mass is 32.2. The van der Waals surface area contributed by atoms with Gasteiger partial charge in [0.1, 0.15) is 29.9 Å². The molecule has 36 heavy (non-hydrogen) atoms. The zero-order valence-electron chi connectivity index (χ0n) is 19.7. The fourth-order valence-corrected chi connectivity index (χ4v) is 3.49. The lowest BCUT2D eigenvalue weighted by Gasteiger charge is -2.25. The van der Waals surface area contributed by atoms with Crippen molar-refractivity contribution in [2.75, 3.05) is 18.6 Å². The van der Waals surface area contributed by atoms with E-state index in [0.717, 1.165) is 0 Å². The van der Waals surface area contributed by atoms with Crippen LogP contribution in [0.2, 0.25) is 0 Å². The Bertz CT molecular complexity index is 913. The van der Waals surface area contributed by atoms with E-state index in [9.17, 15) is 34.2 Å². The molecule has 0 saturated heterocycles. The van der Waals surface area contributed by atoms with E-state index in [4.69, 9.17) is 15.9 Å². The molecule has 0 aliphatic rings. The minimum Gasteiger partial charge on any atom is -0.508 e. The summed E-state index contributed by atoms with van der Waals surface area (Å²) < 4.78 is 0. The number of benzene rings is 1. The summed E-state index contributed by atoms with van der Waals surface area (Å²) in [5.74, 6) is -4.62. The molecule has 1 rings (SSSR count). The summed E-state index contributed by atoms with van der Waals surface area (Å²) in [4.78, 5) is 60.6. The third-order valence-electron chi connectivity index (χ3n) is 5.05. The van der Waals surface area contributed by atoms with E-state index in [0.29, 0.717) is 11.3 Å². The summed E-state index contributed by atoms with van der Waals surface area (Å²) in [6, 6.07) is 0.578. The van der Waals surface area contributed by atoms with E-state index < -0.39 is 66.9 Å². The van der Waals surface area contributed by atoms with Crippen LogP contribution in [0.1, 0.15) is 24.8 Å². The number of aliphatic hydroxyl groups excluding tert-OH is 1. The van der Waals surface area contributed by atoms with Gasteiger partial charge in [0.05, 0.1) is 6.61 Å². The number of nitrogens with two attached hydrogens (primary N) is 1. The van der Waals surface area contributed by atoms with Gasteiger partial charge in [0, 0.05) is 12.8 Å². The van der Waals surface area contributed by atoms with Gasteiger partial charge in [0.2, 0.25) is 17.7 Å². The van der Waals surface area contributed by atoms with Gasteiger partial charge in [0.15, 0.2) is 0 Å². The molecule has 0 radical (unpaired) electrons. The zero-order chi connectivity index (χ0) is 27.3. The molecule has 9 N–H and O–H groups in total. The van der Waals surface area contributed by atoms with Crippen molar-refractivity contribution in [1.29, 1.82) is 0 Å². The molecule has 3 amide bonds. The molecule has 4 unspecified atom stereocenters. The largest absolute Gasteiger partial charge is 0.508 e. The first kappa shape index (κ1) is 30.7. The topological polar surface area (TPSA) is 228 Å². The van der Waals surface area contributed by atoms with Gasteiger partial charge in [-0.05, 0) is 42.5 Å². The summed E-state index contributed by atoms with van der Waals surface area (Å²) in [7, 11) is 0. The van der Waals surface area contributed by atoms with Crippen LogP contribution < -0.4 is 21.7 Å². The van der Waals surface area contributed by atoms with Crippen molar-refractivity contribution in [2.24, 2.45) is 5.73 Å². The number of carboxylic acids is 2. The van der Waals surface area contributed by atoms with E-state index in [2.05, 4.69) is 16.0 Å². The van der Waals surface area contributed by atoms with Crippen molar-refractivity contribution < 1.29 is 44.4 Å². The Morgan fingerprint density at radius 3 is 1.92 bits per heavy atom. The van der Waals surface area contributed by atoms with Crippen molar-refractivity contribution in [1.82, 2.24) is 16.0 Å². The average Bonchev–Trinajstić information content (AvgIpc) is 2.83. The summed E-state index contributed by atoms with van der Waals surface area (Å²) in [5, 5.41) is 44.1. The summed E-state index contributed by atoms with van der Waals surface area (Å²) in [6.45, 7) is -0.699. The van der Waals surface area contributed by atoms with E-state index >= 15 is 0 Å². The second-order valence-corrected chi connectivity index (χ2v) is 8.88. The van der Waals surface area contributed by atoms with Crippen LogP contribution >= 0.6 is 11.8 Å². The van der Waals surface area contributed by atoms with Crippen LogP contribution in [0.15, 0.2) is 24.3 Å². The molecule has 200 valence electrons. The van der Waals surface area contributed by atoms with Gasteiger partial charge in [-0.2, -0.15) is 11.8 Å². The standard InChI is InChI=1S/C22H32N4O9S/c1-36-9-8-16(21(33)26-17(22(34)35)10-12-2-4-13(28)5-3-12)25-20(32)15(6-7-18(29)30)24-19(31)14(23)11-27/h2-5,14-17,27-28H,6-11,23H2,1H3,(H,24,31)(H,25,32)(H,26,33)(H,29,30)(H,34,35). The van der Waals surface area contributed by atoms with E-state index in [1.807, 2.05) is 0 Å². The molecule has 0 fully saturated rings. The number of amides is 3. The first-order valence-corrected chi connectivity index (χ1v) is 12.4. The second-order valence-electron chi connectivity index (χ2n) is 7.90. The Morgan fingerprint density at radius 2 is 1.42 bits per heavy atom. The van der Waals surface area contributed by atoms with Crippen LogP contribution in [0, 0.1) is 0 Å². The fraction of sp³-hybridized carbons (Fsp3) is 0.500. The van der Waals surface area contributed by atoms with Crippen LogP contribution in [0.25, 0.3) is 0 Å². The van der Waals surface area contributed by atoms with Crippen LogP contribution in [0.4, 0.5) is 0 Å². The lowest BCUT2D eigenvalue weighted by atomic mass is 10.0. The third-order valence-corrected chi connectivity index (χ3v) is 5.69. The molecule has 1 aromatic carbocycles. The summed E-state index contributed by atoms with van der Waals surface area (Å²) in [6.07, 6.45) is 1.04. The molecule has 4 atom stereocenters. The van der Waals surface area contributed by atoms with E-state index in [1.54, 1.807) is 6.26 Å². The monoisotopic (exact) mass is 528 g/mol. The summed E-state index contributed by atoms with van der Waals surface area (Å²) >= 11 is 1.38. The minimum absolute atomic E-state index is 0.000934. The third kappa shape index (κ3) is 10.9. The number of phenolic OH excluding ortho intramolecular Hbond substituents is 1. The number of carbonyl (C=O) groups excluding carboxylic acids is 3. The van der Waals surface area contributed by atoms with Crippen LogP contribution in [-0.4, -0.2) is 92.9 Å². The van der Waals surface area contributed by atoms with Gasteiger partial charge in [0.25, 0.3) is 0 Å². The molecular formula is C22H32N4O9S. The number of rotatable bonds is 16. The Morgan fingerprint density at radius 1 is 0.889 bits per heavy atom. The van der Waals surface area contributed by atoms with Gasteiger partial charge in [-0.3, -0.25) is 19.2 Å². The first-order chi connectivity index (χ1) is 17.0. The van der Waals surface area contributed by atoms with Crippen molar-refractivity contribution in [3.05, 3.63) is 29.8 Å². The number of hydrogen-bond donors (Lipinski definition) is 8. The van der Waals surface area contributed by atoms with Gasteiger partial charge in [-0.25, -0.2) is 4.79 Å². The number of nitrogens with one attached hydrogen (secondary N) is 3. The van der Waals surface area contributed by atoms with Crippen LogP contribution in [0.5, 0.6) is 5.75 Å². The van der Waals surface area contributed by atoms with Crippen molar-refractivity contribution in [2.45, 2.75) is 49.9 Å². The minimum atomic E-state index is -1.36. The SMILES string of the molecule is CSCCC(NC(=O)C(CCC(=O)O)NC(=O)C(N)CO)C(=O)NC(Cc1ccc(O)cc1)C(=O)O. The number of thioether (sulfide) groups is 1. The number of aliphatic hydroxyl groups is 1. The molecule has 0 heterocycles. The maximum absolute atomic E-state index is 12.9. The highest BCUT2D eigenvalue weighted by Gasteiger charge is 2.30. The molecule has 14 heteroatoms.